The number of hydrogen-bond donors (Lipinski definition) is 3. The molecule has 0 radical (unpaired) electrons. The van der Waals surface area contributed by atoms with E-state index in [0.29, 0.717) is 29.9 Å². The van der Waals surface area contributed by atoms with E-state index in [-0.39, 0.29) is 55.2 Å². The van der Waals surface area contributed by atoms with Crippen LogP contribution in [0.2, 0.25) is 0 Å². The Morgan fingerprint density at radius 1 is 1.16 bits per heavy atom. The number of halogens is 4. The Hall–Kier alpha value is -3.55. The van der Waals surface area contributed by atoms with Crippen molar-refractivity contribution in [3.8, 4) is 0 Å². The Bertz CT molecular complexity index is 1550. The molecule has 232 valence electrons. The van der Waals surface area contributed by atoms with E-state index in [1.165, 1.54) is 16.8 Å². The largest absolute Gasteiger partial charge is 0.369 e. The van der Waals surface area contributed by atoms with Crippen LogP contribution < -0.4 is 10.6 Å². The molecular formula is C29H35F4N7O3. The van der Waals surface area contributed by atoms with Gasteiger partial charge in [-0.05, 0) is 50.7 Å². The maximum absolute atomic E-state index is 14.4. The van der Waals surface area contributed by atoms with Crippen LogP contribution in [0.25, 0.3) is 5.65 Å². The molecule has 3 aromatic heterocycles. The van der Waals surface area contributed by atoms with Crippen LogP contribution in [0.1, 0.15) is 92.8 Å². The van der Waals surface area contributed by atoms with Gasteiger partial charge in [0.05, 0.1) is 18.1 Å². The standard InChI is InChI=1S/C29H35F4N7O3/c1-15(2)40-21(4-5-35-40)26(43)34-13-19(17-7-22-27(3,11-17)29(22,32)33)20-14-39-23(37-20)8-18(12-36-39)25(42)38-24(41)6-16-9-28(30,31)10-16/h4-5,8,12,14-17,19,22,25,42H,6-7,9-11,13H2,1-3H3,(H,34,43)(H,38,41)/t17-,19?,22?,25+,27+/m0/s1. The molecule has 10 nitrogen and oxygen atoms in total. The zero-order chi connectivity index (χ0) is 30.9. The number of aliphatic hydroxyl groups is 1. The molecule has 14 heteroatoms. The van der Waals surface area contributed by atoms with Crippen LogP contribution in [0.15, 0.2) is 30.7 Å². The molecule has 3 fully saturated rings. The summed E-state index contributed by atoms with van der Waals surface area (Å²) in [5.74, 6) is -7.97. The van der Waals surface area contributed by atoms with Crippen LogP contribution >= 0.6 is 0 Å². The molecule has 0 bridgehead atoms. The fourth-order valence-electron chi connectivity index (χ4n) is 7.03. The summed E-state index contributed by atoms with van der Waals surface area (Å²) in [4.78, 5) is 30.0. The maximum Gasteiger partial charge on any atom is 0.269 e. The lowest BCUT2D eigenvalue weighted by atomic mass is 9.79. The van der Waals surface area contributed by atoms with Crippen LogP contribution in [0.5, 0.6) is 0 Å². The van der Waals surface area contributed by atoms with Crippen molar-refractivity contribution >= 4 is 17.5 Å². The van der Waals surface area contributed by atoms with E-state index in [1.54, 1.807) is 30.1 Å². The quantitative estimate of drug-likeness (QED) is 0.235. The molecule has 3 aromatic rings. The molecule has 0 aromatic carbocycles. The summed E-state index contributed by atoms with van der Waals surface area (Å²) in [5, 5.41) is 24.4. The van der Waals surface area contributed by atoms with Gasteiger partial charge in [0.1, 0.15) is 5.69 Å². The Kier molecular flexibility index (Phi) is 7.05. The van der Waals surface area contributed by atoms with Gasteiger partial charge >= 0.3 is 0 Å². The molecule has 3 N–H and O–H groups in total. The molecule has 0 aliphatic heterocycles. The van der Waals surface area contributed by atoms with E-state index in [1.807, 2.05) is 13.8 Å². The highest BCUT2D eigenvalue weighted by Crippen LogP contribution is 2.76. The van der Waals surface area contributed by atoms with Crippen molar-refractivity contribution in [3.05, 3.63) is 47.7 Å². The Morgan fingerprint density at radius 2 is 1.91 bits per heavy atom. The van der Waals surface area contributed by atoms with E-state index in [4.69, 9.17) is 0 Å². The van der Waals surface area contributed by atoms with Crippen LogP contribution in [0.3, 0.4) is 0 Å². The first kappa shape index (κ1) is 29.5. The smallest absolute Gasteiger partial charge is 0.269 e. The first-order valence-electron chi connectivity index (χ1n) is 14.6. The summed E-state index contributed by atoms with van der Waals surface area (Å²) >= 11 is 0. The molecular weight excluding hydrogens is 570 g/mol. The van der Waals surface area contributed by atoms with Gasteiger partial charge in [-0.15, -0.1) is 0 Å². The number of aromatic nitrogens is 5. The zero-order valence-corrected chi connectivity index (χ0v) is 24.1. The second kappa shape index (κ2) is 10.3. The fraction of sp³-hybridized carbons (Fsp3) is 0.621. The highest BCUT2D eigenvalue weighted by molar-refractivity contribution is 5.92. The molecule has 2 amide bonds. The number of rotatable bonds is 10. The van der Waals surface area contributed by atoms with E-state index in [9.17, 15) is 32.3 Å². The normalized spacial score (nSPS) is 27.0. The topological polar surface area (TPSA) is 126 Å². The molecule has 6 rings (SSSR count). The van der Waals surface area contributed by atoms with Gasteiger partial charge < -0.3 is 15.7 Å². The van der Waals surface area contributed by atoms with Gasteiger partial charge in [-0.1, -0.05) is 6.92 Å². The minimum Gasteiger partial charge on any atom is -0.369 e. The predicted molar refractivity (Wildman–Crippen MR) is 145 cm³/mol. The lowest BCUT2D eigenvalue weighted by Gasteiger charge is -2.34. The first-order valence-corrected chi connectivity index (χ1v) is 14.6. The van der Waals surface area contributed by atoms with Crippen molar-refractivity contribution in [1.29, 1.82) is 0 Å². The number of fused-ring (bicyclic) bond motifs is 2. The van der Waals surface area contributed by atoms with E-state index >= 15 is 0 Å². The molecule has 5 atom stereocenters. The molecule has 2 unspecified atom stereocenters. The number of alkyl halides is 4. The average Bonchev–Trinajstić information content (AvgIpc) is 3.50. The highest BCUT2D eigenvalue weighted by atomic mass is 19.3. The van der Waals surface area contributed by atoms with Crippen molar-refractivity contribution in [1.82, 2.24) is 35.0 Å². The zero-order valence-electron chi connectivity index (χ0n) is 24.1. The lowest BCUT2D eigenvalue weighted by molar-refractivity contribution is -0.136. The van der Waals surface area contributed by atoms with E-state index in [0.717, 1.165) is 0 Å². The highest BCUT2D eigenvalue weighted by Gasteiger charge is 2.80. The van der Waals surface area contributed by atoms with Crippen LogP contribution in [0, 0.1) is 23.2 Å². The van der Waals surface area contributed by atoms with Gasteiger partial charge in [0, 0.05) is 60.9 Å². The SMILES string of the molecule is CC(C)n1nccc1C(=O)NCC(c1cn2ncc([C@@H](O)NC(=O)CC3CC(F)(F)C3)cc2n1)[C@H]1CC2C(F)(F)[C@]2(C)C1. The number of hydrogen-bond acceptors (Lipinski definition) is 6. The van der Waals surface area contributed by atoms with Crippen LogP contribution in [0.4, 0.5) is 17.6 Å². The Morgan fingerprint density at radius 3 is 2.56 bits per heavy atom. The molecule has 0 saturated heterocycles. The third-order valence-corrected chi connectivity index (χ3v) is 9.56. The van der Waals surface area contributed by atoms with Gasteiger partial charge in [0.2, 0.25) is 11.8 Å². The molecule has 43 heavy (non-hydrogen) atoms. The second-order valence-corrected chi connectivity index (χ2v) is 12.9. The summed E-state index contributed by atoms with van der Waals surface area (Å²) in [7, 11) is 0. The molecule has 3 saturated carbocycles. The molecule has 3 aliphatic carbocycles. The summed E-state index contributed by atoms with van der Waals surface area (Å²) < 4.78 is 58.1. The van der Waals surface area contributed by atoms with Crippen molar-refractivity contribution < 1.29 is 32.3 Å². The number of carbonyl (C=O) groups is 2. The average molecular weight is 606 g/mol. The minimum atomic E-state index is -2.73. The molecule has 3 aliphatic rings. The summed E-state index contributed by atoms with van der Waals surface area (Å²) in [5.41, 5.74) is 0.486. The number of nitrogens with zero attached hydrogens (tertiary/aromatic N) is 5. The number of amides is 2. The van der Waals surface area contributed by atoms with E-state index in [2.05, 4.69) is 25.8 Å². The van der Waals surface area contributed by atoms with E-state index < -0.39 is 41.2 Å². The number of aliphatic hydroxyl groups excluding tert-OH is 1. The summed E-state index contributed by atoms with van der Waals surface area (Å²) in [6, 6.07) is 3.13. The van der Waals surface area contributed by atoms with Gasteiger partial charge in [-0.2, -0.15) is 10.2 Å². The van der Waals surface area contributed by atoms with Crippen LogP contribution in [-0.4, -0.2) is 59.7 Å². The minimum absolute atomic E-state index is 0.0301. The Balaban J connectivity index is 1.19. The van der Waals surface area contributed by atoms with Crippen molar-refractivity contribution in [2.24, 2.45) is 23.2 Å². The van der Waals surface area contributed by atoms with Gasteiger partial charge in [0.25, 0.3) is 11.8 Å². The lowest BCUT2D eigenvalue weighted by Crippen LogP contribution is -2.39. The third kappa shape index (κ3) is 5.27. The fourth-order valence-corrected chi connectivity index (χ4v) is 7.03. The van der Waals surface area contributed by atoms with Crippen molar-refractivity contribution in [2.75, 3.05) is 6.54 Å². The Labute approximate surface area is 245 Å². The maximum atomic E-state index is 14.4. The number of nitrogens with one attached hydrogen (secondary N) is 2. The van der Waals surface area contributed by atoms with Gasteiger partial charge in [0.15, 0.2) is 11.9 Å². The summed E-state index contributed by atoms with van der Waals surface area (Å²) in [6.07, 6.45) is 2.96. The first-order chi connectivity index (χ1) is 20.2. The number of imidazole rings is 1. The van der Waals surface area contributed by atoms with Gasteiger partial charge in [-0.3, -0.25) is 14.3 Å². The second-order valence-electron chi connectivity index (χ2n) is 12.9. The summed E-state index contributed by atoms with van der Waals surface area (Å²) in [6.45, 7) is 5.59. The van der Waals surface area contributed by atoms with Crippen molar-refractivity contribution in [3.63, 3.8) is 0 Å². The van der Waals surface area contributed by atoms with Crippen molar-refractivity contribution in [2.45, 2.75) is 82.9 Å². The molecule has 3 heterocycles. The third-order valence-electron chi connectivity index (χ3n) is 9.56. The number of carbonyl (C=O) groups excluding carboxylic acids is 2. The van der Waals surface area contributed by atoms with Crippen LogP contribution in [-0.2, 0) is 4.79 Å². The van der Waals surface area contributed by atoms with Gasteiger partial charge in [-0.25, -0.2) is 27.1 Å². The molecule has 0 spiro atoms. The monoisotopic (exact) mass is 605 g/mol. The predicted octanol–water partition coefficient (Wildman–Crippen LogP) is 4.24.